The molecule has 1 fully saturated rings. The molecule has 1 amide bonds. The summed E-state index contributed by atoms with van der Waals surface area (Å²) in [4.78, 5) is 16.2. The van der Waals surface area contributed by atoms with Crippen LogP contribution in [0.2, 0.25) is 10.0 Å². The van der Waals surface area contributed by atoms with Gasteiger partial charge in [-0.15, -0.1) is 0 Å². The van der Waals surface area contributed by atoms with Crippen LogP contribution in [-0.4, -0.2) is 37.0 Å². The maximum atomic E-state index is 13.9. The standard InChI is InChI=1S/C20H17Cl2FN4O/c21-15-5-6-16(22)18(11-15)25-20(28)14(12-24)13-26-7-9-27(10-8-26)19-4-2-1-3-17(19)23/h1-6,11,13H,7-10H2,(H,25,28)/b14-13-. The van der Waals surface area contributed by atoms with Gasteiger partial charge in [-0.3, -0.25) is 4.79 Å². The average Bonchev–Trinajstić information content (AvgIpc) is 2.70. The average molecular weight is 419 g/mol. The zero-order chi connectivity index (χ0) is 20.1. The van der Waals surface area contributed by atoms with Gasteiger partial charge < -0.3 is 15.1 Å². The molecular weight excluding hydrogens is 402 g/mol. The van der Waals surface area contributed by atoms with E-state index in [1.165, 1.54) is 18.3 Å². The van der Waals surface area contributed by atoms with Crippen molar-refractivity contribution < 1.29 is 9.18 Å². The molecule has 1 N–H and O–H groups in total. The van der Waals surface area contributed by atoms with E-state index in [4.69, 9.17) is 23.2 Å². The van der Waals surface area contributed by atoms with Crippen LogP contribution in [0.1, 0.15) is 0 Å². The van der Waals surface area contributed by atoms with Crippen LogP contribution in [0.15, 0.2) is 54.2 Å². The van der Waals surface area contributed by atoms with Gasteiger partial charge in [0.15, 0.2) is 0 Å². The molecule has 0 atom stereocenters. The molecular formula is C20H17Cl2FN4O. The molecule has 2 aromatic rings. The molecule has 2 aromatic carbocycles. The summed E-state index contributed by atoms with van der Waals surface area (Å²) in [5.74, 6) is -0.829. The zero-order valence-electron chi connectivity index (χ0n) is 14.8. The molecule has 3 rings (SSSR count). The van der Waals surface area contributed by atoms with Crippen LogP contribution in [0.4, 0.5) is 15.8 Å². The predicted molar refractivity (Wildman–Crippen MR) is 109 cm³/mol. The van der Waals surface area contributed by atoms with Gasteiger partial charge in [0.25, 0.3) is 5.91 Å². The van der Waals surface area contributed by atoms with E-state index in [-0.39, 0.29) is 11.4 Å². The Kier molecular flexibility index (Phi) is 6.40. The van der Waals surface area contributed by atoms with E-state index in [0.29, 0.717) is 47.6 Å². The normalized spacial score (nSPS) is 14.6. The lowest BCUT2D eigenvalue weighted by Gasteiger charge is -2.35. The summed E-state index contributed by atoms with van der Waals surface area (Å²) in [5, 5.41) is 12.7. The Bertz CT molecular complexity index is 949. The first kappa shape index (κ1) is 20.0. The topological polar surface area (TPSA) is 59.4 Å². The van der Waals surface area contributed by atoms with Crippen molar-refractivity contribution >= 4 is 40.5 Å². The highest BCUT2D eigenvalue weighted by molar-refractivity contribution is 6.35. The maximum absolute atomic E-state index is 13.9. The number of nitrogens with one attached hydrogen (secondary N) is 1. The molecule has 0 radical (unpaired) electrons. The summed E-state index contributed by atoms with van der Waals surface area (Å²) in [6.45, 7) is 2.28. The molecule has 144 valence electrons. The monoisotopic (exact) mass is 418 g/mol. The van der Waals surface area contributed by atoms with Gasteiger partial charge in [-0.25, -0.2) is 4.39 Å². The number of amides is 1. The first-order chi connectivity index (χ1) is 13.5. The van der Waals surface area contributed by atoms with Crippen LogP contribution in [-0.2, 0) is 4.79 Å². The number of nitriles is 1. The van der Waals surface area contributed by atoms with Gasteiger partial charge in [-0.05, 0) is 30.3 Å². The van der Waals surface area contributed by atoms with Crippen molar-refractivity contribution in [2.45, 2.75) is 0 Å². The van der Waals surface area contributed by atoms with Crippen molar-refractivity contribution in [3.63, 3.8) is 0 Å². The number of hydrogen-bond donors (Lipinski definition) is 1. The number of nitrogens with zero attached hydrogens (tertiary/aromatic N) is 3. The van der Waals surface area contributed by atoms with Gasteiger partial charge in [-0.2, -0.15) is 5.26 Å². The minimum atomic E-state index is -0.566. The number of hydrogen-bond acceptors (Lipinski definition) is 4. The molecule has 0 aromatic heterocycles. The fourth-order valence-corrected chi connectivity index (χ4v) is 3.24. The molecule has 0 bridgehead atoms. The molecule has 1 aliphatic rings. The Morgan fingerprint density at radius 3 is 2.54 bits per heavy atom. The van der Waals surface area contributed by atoms with Gasteiger partial charge in [0.1, 0.15) is 17.5 Å². The van der Waals surface area contributed by atoms with Gasteiger partial charge in [0, 0.05) is 37.4 Å². The first-order valence-electron chi connectivity index (χ1n) is 8.60. The minimum Gasteiger partial charge on any atom is -0.373 e. The van der Waals surface area contributed by atoms with Gasteiger partial charge >= 0.3 is 0 Å². The van der Waals surface area contributed by atoms with Crippen LogP contribution in [0.3, 0.4) is 0 Å². The SMILES string of the molecule is N#C/C(=C/N1CCN(c2ccccc2F)CC1)C(=O)Nc1cc(Cl)ccc1Cl. The smallest absolute Gasteiger partial charge is 0.267 e. The van der Waals surface area contributed by atoms with Crippen molar-refractivity contribution in [3.8, 4) is 6.07 Å². The van der Waals surface area contributed by atoms with E-state index in [2.05, 4.69) is 5.32 Å². The highest BCUT2D eigenvalue weighted by atomic mass is 35.5. The van der Waals surface area contributed by atoms with Crippen LogP contribution < -0.4 is 10.2 Å². The highest BCUT2D eigenvalue weighted by Crippen LogP contribution is 2.26. The summed E-state index contributed by atoms with van der Waals surface area (Å²) in [6, 6.07) is 13.2. The lowest BCUT2D eigenvalue weighted by atomic mass is 10.2. The quantitative estimate of drug-likeness (QED) is 0.593. The number of piperazine rings is 1. The second-order valence-electron chi connectivity index (χ2n) is 6.21. The van der Waals surface area contributed by atoms with Gasteiger partial charge in [0.05, 0.1) is 16.4 Å². The number of halogens is 3. The third-order valence-corrected chi connectivity index (χ3v) is 4.93. The van der Waals surface area contributed by atoms with Crippen molar-refractivity contribution in [2.75, 3.05) is 36.4 Å². The number of carbonyl (C=O) groups is 1. The molecule has 0 saturated carbocycles. The molecule has 0 unspecified atom stereocenters. The number of benzene rings is 2. The summed E-state index contributed by atoms with van der Waals surface area (Å²) in [6.07, 6.45) is 1.52. The van der Waals surface area contributed by atoms with E-state index in [1.54, 1.807) is 30.3 Å². The van der Waals surface area contributed by atoms with Crippen LogP contribution in [0.5, 0.6) is 0 Å². The second-order valence-corrected chi connectivity index (χ2v) is 7.05. The van der Waals surface area contributed by atoms with Crippen molar-refractivity contribution in [3.05, 3.63) is 70.1 Å². The van der Waals surface area contributed by atoms with E-state index < -0.39 is 5.91 Å². The van der Waals surface area contributed by atoms with E-state index in [1.807, 2.05) is 15.9 Å². The lowest BCUT2D eigenvalue weighted by molar-refractivity contribution is -0.112. The molecule has 1 heterocycles. The summed E-state index contributed by atoms with van der Waals surface area (Å²) >= 11 is 12.0. The Morgan fingerprint density at radius 2 is 1.86 bits per heavy atom. The zero-order valence-corrected chi connectivity index (χ0v) is 16.3. The van der Waals surface area contributed by atoms with E-state index in [9.17, 15) is 14.4 Å². The largest absolute Gasteiger partial charge is 0.373 e. The molecule has 5 nitrogen and oxygen atoms in total. The molecule has 1 saturated heterocycles. The minimum absolute atomic E-state index is 0.0459. The van der Waals surface area contributed by atoms with Crippen molar-refractivity contribution in [1.29, 1.82) is 5.26 Å². The van der Waals surface area contributed by atoms with E-state index in [0.717, 1.165) is 0 Å². The maximum Gasteiger partial charge on any atom is 0.267 e. The summed E-state index contributed by atoms with van der Waals surface area (Å²) < 4.78 is 13.9. The van der Waals surface area contributed by atoms with Gasteiger partial charge in [0.2, 0.25) is 0 Å². The van der Waals surface area contributed by atoms with Crippen molar-refractivity contribution in [1.82, 2.24) is 4.90 Å². The van der Waals surface area contributed by atoms with Crippen LogP contribution in [0, 0.1) is 17.1 Å². The van der Waals surface area contributed by atoms with Crippen LogP contribution >= 0.6 is 23.2 Å². The number of carbonyl (C=O) groups excluding carboxylic acids is 1. The Labute approximate surface area is 172 Å². The van der Waals surface area contributed by atoms with E-state index >= 15 is 0 Å². The second kappa shape index (κ2) is 8.96. The van der Waals surface area contributed by atoms with Crippen molar-refractivity contribution in [2.24, 2.45) is 0 Å². The Balaban J connectivity index is 1.65. The van der Waals surface area contributed by atoms with Crippen LogP contribution in [0.25, 0.3) is 0 Å². The molecule has 28 heavy (non-hydrogen) atoms. The molecule has 8 heteroatoms. The number of para-hydroxylation sites is 1. The molecule has 0 spiro atoms. The summed E-state index contributed by atoms with van der Waals surface area (Å²) in [5.41, 5.74) is 0.847. The molecule has 1 aliphatic heterocycles. The summed E-state index contributed by atoms with van der Waals surface area (Å²) in [7, 11) is 0. The Hall–Kier alpha value is -2.75. The van der Waals surface area contributed by atoms with Gasteiger partial charge in [-0.1, -0.05) is 35.3 Å². The number of anilines is 2. The fraction of sp³-hybridized carbons (Fsp3) is 0.200. The Morgan fingerprint density at radius 1 is 1.14 bits per heavy atom. The first-order valence-corrected chi connectivity index (χ1v) is 9.35. The fourth-order valence-electron chi connectivity index (χ4n) is 2.90. The predicted octanol–water partition coefficient (Wildman–Crippen LogP) is 4.30. The number of rotatable bonds is 4. The lowest BCUT2D eigenvalue weighted by Crippen LogP contribution is -2.44. The third kappa shape index (κ3) is 4.75. The highest BCUT2D eigenvalue weighted by Gasteiger charge is 2.19. The third-order valence-electron chi connectivity index (χ3n) is 4.36. The molecule has 0 aliphatic carbocycles.